The average Bonchev–Trinajstić information content (AvgIpc) is 2.57. The van der Waals surface area contributed by atoms with Gasteiger partial charge in [-0.25, -0.2) is 14.4 Å². The summed E-state index contributed by atoms with van der Waals surface area (Å²) in [6.45, 7) is 8.44. The van der Waals surface area contributed by atoms with Crippen LogP contribution in [0.1, 0.15) is 51.7 Å². The topological polar surface area (TPSA) is 113 Å². The lowest BCUT2D eigenvalue weighted by molar-refractivity contribution is -0.148. The van der Waals surface area contributed by atoms with E-state index in [0.717, 1.165) is 0 Å². The average molecular weight is 399 g/mol. The van der Waals surface area contributed by atoms with E-state index in [1.807, 2.05) is 0 Å². The lowest BCUT2D eigenvalue weighted by Gasteiger charge is -2.29. The van der Waals surface area contributed by atoms with Gasteiger partial charge in [0, 0.05) is 17.5 Å². The molecule has 0 aromatic heterocycles. The number of dihydropyridines is 1. The van der Waals surface area contributed by atoms with Crippen LogP contribution in [0.2, 0.25) is 0 Å². The fourth-order valence-electron chi connectivity index (χ4n) is 3.29. The summed E-state index contributed by atoms with van der Waals surface area (Å²) in [6.07, 6.45) is 2.76. The Morgan fingerprint density at radius 2 is 1.52 bits per heavy atom. The number of esters is 1. The predicted octanol–water partition coefficient (Wildman–Crippen LogP) is 3.45. The van der Waals surface area contributed by atoms with Gasteiger partial charge < -0.3 is 20.3 Å². The van der Waals surface area contributed by atoms with E-state index in [4.69, 9.17) is 4.74 Å². The number of carbonyl (C=O) groups excluding carboxylic acids is 1. The number of carbonyl (C=O) groups is 3. The van der Waals surface area contributed by atoms with Gasteiger partial charge in [0.2, 0.25) is 0 Å². The molecule has 2 rings (SSSR count). The minimum Gasteiger partial charge on any atom is -0.478 e. The Hall–Kier alpha value is -3.35. The molecule has 0 saturated heterocycles. The highest BCUT2D eigenvalue weighted by molar-refractivity contribution is 5.99. The molecule has 0 atom stereocenters. The summed E-state index contributed by atoms with van der Waals surface area (Å²) in [7, 11) is 0. The zero-order chi connectivity index (χ0) is 21.9. The molecule has 0 amide bonds. The number of carboxylic acid groups (broad SMARTS) is 2. The second-order valence-electron chi connectivity index (χ2n) is 7.74. The molecule has 0 fully saturated rings. The first-order valence-electron chi connectivity index (χ1n) is 9.07. The molecule has 0 bridgehead atoms. The Morgan fingerprint density at radius 3 is 2.00 bits per heavy atom. The smallest absolute Gasteiger partial charge is 0.334 e. The lowest BCUT2D eigenvalue weighted by atomic mass is 9.78. The molecular weight excluding hydrogens is 374 g/mol. The molecule has 1 aliphatic rings. The molecule has 7 heteroatoms. The largest absolute Gasteiger partial charge is 0.478 e. The molecule has 1 aromatic rings. The normalized spacial score (nSPS) is 15.5. The van der Waals surface area contributed by atoms with E-state index in [9.17, 15) is 24.6 Å². The standard InChI is InChI=1S/C22H25NO6/c1-12-17(20(25)26)19(18(21(27)28)13(2)23-12)15-9-7-6-8-14(15)10-11-16(24)29-22(3,4)5/h6-11,19,23H,1-5H3,(H,25,26)(H,27,28)/b11-10-. The molecule has 0 spiro atoms. The molecule has 1 heterocycles. The fourth-order valence-corrected chi connectivity index (χ4v) is 3.29. The van der Waals surface area contributed by atoms with Gasteiger partial charge in [0.15, 0.2) is 0 Å². The molecular formula is C22H25NO6. The lowest BCUT2D eigenvalue weighted by Crippen LogP contribution is -2.31. The Labute approximate surface area is 169 Å². The predicted molar refractivity (Wildman–Crippen MR) is 108 cm³/mol. The first kappa shape index (κ1) is 21.9. The number of nitrogens with one attached hydrogen (secondary N) is 1. The highest BCUT2D eigenvalue weighted by atomic mass is 16.6. The van der Waals surface area contributed by atoms with Crippen LogP contribution in [-0.4, -0.2) is 33.7 Å². The summed E-state index contributed by atoms with van der Waals surface area (Å²) in [4.78, 5) is 35.9. The van der Waals surface area contributed by atoms with Crippen LogP contribution in [0.3, 0.4) is 0 Å². The van der Waals surface area contributed by atoms with Crippen molar-refractivity contribution in [1.82, 2.24) is 5.32 Å². The van der Waals surface area contributed by atoms with E-state index in [1.54, 1.807) is 58.9 Å². The molecule has 154 valence electrons. The third kappa shape index (κ3) is 5.13. The number of hydrogen-bond acceptors (Lipinski definition) is 5. The van der Waals surface area contributed by atoms with Crippen LogP contribution < -0.4 is 5.32 Å². The van der Waals surface area contributed by atoms with Gasteiger partial charge in [0.25, 0.3) is 0 Å². The fraction of sp³-hybridized carbons (Fsp3) is 0.318. The van der Waals surface area contributed by atoms with Crippen molar-refractivity contribution in [3.8, 4) is 0 Å². The van der Waals surface area contributed by atoms with Crippen molar-refractivity contribution in [3.63, 3.8) is 0 Å². The van der Waals surface area contributed by atoms with Crippen molar-refractivity contribution in [1.29, 1.82) is 0 Å². The molecule has 7 nitrogen and oxygen atoms in total. The Bertz CT molecular complexity index is 910. The molecule has 1 aliphatic heterocycles. The molecule has 0 saturated carbocycles. The summed E-state index contributed by atoms with van der Waals surface area (Å²) in [5.41, 5.74) is 0.998. The van der Waals surface area contributed by atoms with Crippen LogP contribution in [0.4, 0.5) is 0 Å². The van der Waals surface area contributed by atoms with Gasteiger partial charge >= 0.3 is 17.9 Å². The number of carboxylic acids is 2. The number of hydrogen-bond donors (Lipinski definition) is 3. The van der Waals surface area contributed by atoms with E-state index < -0.39 is 29.4 Å². The van der Waals surface area contributed by atoms with Crippen LogP contribution in [0, 0.1) is 0 Å². The maximum Gasteiger partial charge on any atom is 0.334 e. The van der Waals surface area contributed by atoms with Crippen LogP contribution in [0.15, 0.2) is 52.9 Å². The zero-order valence-electron chi connectivity index (χ0n) is 17.1. The van der Waals surface area contributed by atoms with Crippen molar-refractivity contribution < 1.29 is 29.3 Å². The van der Waals surface area contributed by atoms with Crippen LogP contribution in [0.5, 0.6) is 0 Å². The van der Waals surface area contributed by atoms with Crippen molar-refractivity contribution in [2.75, 3.05) is 0 Å². The van der Waals surface area contributed by atoms with Gasteiger partial charge in [0.05, 0.1) is 17.1 Å². The Balaban J connectivity index is 2.59. The van der Waals surface area contributed by atoms with Gasteiger partial charge in [-0.3, -0.25) is 0 Å². The Kier molecular flexibility index (Phi) is 6.31. The van der Waals surface area contributed by atoms with Crippen LogP contribution in [-0.2, 0) is 19.1 Å². The number of rotatable bonds is 5. The van der Waals surface area contributed by atoms with Crippen molar-refractivity contribution in [2.45, 2.75) is 46.1 Å². The number of aliphatic carboxylic acids is 2. The highest BCUT2D eigenvalue weighted by Crippen LogP contribution is 2.39. The van der Waals surface area contributed by atoms with Crippen LogP contribution >= 0.6 is 0 Å². The third-order valence-corrected chi connectivity index (χ3v) is 4.33. The molecule has 0 unspecified atom stereocenters. The van der Waals surface area contributed by atoms with Crippen molar-refractivity contribution in [3.05, 3.63) is 64.0 Å². The molecule has 29 heavy (non-hydrogen) atoms. The molecule has 1 aromatic carbocycles. The summed E-state index contributed by atoms with van der Waals surface area (Å²) >= 11 is 0. The number of benzene rings is 1. The first-order chi connectivity index (χ1) is 13.4. The maximum absolute atomic E-state index is 12.0. The Morgan fingerprint density at radius 1 is 1.00 bits per heavy atom. The summed E-state index contributed by atoms with van der Waals surface area (Å²) in [5.74, 6) is -3.96. The second-order valence-corrected chi connectivity index (χ2v) is 7.74. The van der Waals surface area contributed by atoms with Crippen molar-refractivity contribution in [2.24, 2.45) is 0 Å². The summed E-state index contributed by atoms with van der Waals surface area (Å²) in [6, 6.07) is 6.79. The highest BCUT2D eigenvalue weighted by Gasteiger charge is 2.37. The maximum atomic E-state index is 12.0. The number of allylic oxidation sites excluding steroid dienone is 2. The third-order valence-electron chi connectivity index (χ3n) is 4.33. The first-order valence-corrected chi connectivity index (χ1v) is 9.07. The zero-order valence-corrected chi connectivity index (χ0v) is 17.1. The van der Waals surface area contributed by atoms with Gasteiger partial charge in [0.1, 0.15) is 5.60 Å². The second kappa shape index (κ2) is 8.34. The van der Waals surface area contributed by atoms with E-state index >= 15 is 0 Å². The minimum absolute atomic E-state index is 0.0499. The van der Waals surface area contributed by atoms with E-state index in [1.165, 1.54) is 12.2 Å². The van der Waals surface area contributed by atoms with E-state index in [2.05, 4.69) is 5.32 Å². The molecule has 0 aliphatic carbocycles. The molecule has 3 N–H and O–H groups in total. The van der Waals surface area contributed by atoms with Gasteiger partial charge in [-0.15, -0.1) is 0 Å². The molecule has 0 radical (unpaired) electrons. The minimum atomic E-state index is -1.21. The number of ether oxygens (including phenoxy) is 1. The summed E-state index contributed by atoms with van der Waals surface area (Å²) < 4.78 is 5.25. The van der Waals surface area contributed by atoms with Gasteiger partial charge in [-0.1, -0.05) is 24.3 Å². The summed E-state index contributed by atoms with van der Waals surface area (Å²) in [5, 5.41) is 22.4. The van der Waals surface area contributed by atoms with Gasteiger partial charge in [-0.2, -0.15) is 0 Å². The SMILES string of the molecule is CC1=C(C(=O)O)C(c2ccccc2/C=C\C(=O)OC(C)(C)C)C(C(=O)O)=C(C)N1. The van der Waals surface area contributed by atoms with E-state index in [-0.39, 0.29) is 11.1 Å². The van der Waals surface area contributed by atoms with Gasteiger partial charge in [-0.05, 0) is 51.8 Å². The quantitative estimate of drug-likeness (QED) is 0.513. The van der Waals surface area contributed by atoms with Crippen molar-refractivity contribution >= 4 is 24.0 Å². The van der Waals surface area contributed by atoms with Crippen LogP contribution in [0.25, 0.3) is 6.08 Å². The monoisotopic (exact) mass is 399 g/mol. The van der Waals surface area contributed by atoms with E-state index in [0.29, 0.717) is 22.5 Å².